The van der Waals surface area contributed by atoms with E-state index in [9.17, 15) is 4.79 Å². The van der Waals surface area contributed by atoms with Crippen LogP contribution >= 0.6 is 0 Å². The number of nitrogens with one attached hydrogen (secondary N) is 1. The summed E-state index contributed by atoms with van der Waals surface area (Å²) in [6, 6.07) is 0. The second-order valence-corrected chi connectivity index (χ2v) is 3.81. The molecule has 0 amide bonds. The van der Waals surface area contributed by atoms with E-state index in [4.69, 9.17) is 0 Å². The van der Waals surface area contributed by atoms with Gasteiger partial charge in [-0.3, -0.25) is 0 Å². The molecule has 0 spiro atoms. The van der Waals surface area contributed by atoms with Crippen molar-refractivity contribution in [1.29, 1.82) is 0 Å². The fourth-order valence-corrected chi connectivity index (χ4v) is 1.77. The van der Waals surface area contributed by atoms with Gasteiger partial charge in [-0.05, 0) is 45.2 Å². The van der Waals surface area contributed by atoms with Crippen molar-refractivity contribution in [2.75, 3.05) is 13.1 Å². The molecule has 1 saturated heterocycles. The number of rotatable bonds is 5. The maximum absolute atomic E-state index is 10.6. The molecule has 1 aliphatic heterocycles. The molecular weight excluding hydrogens is 150 g/mol. The summed E-state index contributed by atoms with van der Waals surface area (Å²) < 4.78 is 0. The molecule has 1 fully saturated rings. The first-order valence-electron chi connectivity index (χ1n) is 4.99. The van der Waals surface area contributed by atoms with E-state index in [0.717, 1.165) is 18.8 Å². The molecule has 1 aliphatic rings. The fraction of sp³-hybridized carbons (Fsp3) is 0.900. The van der Waals surface area contributed by atoms with Crippen molar-refractivity contribution in [2.24, 2.45) is 5.92 Å². The molecule has 70 valence electrons. The van der Waals surface area contributed by atoms with E-state index in [1.165, 1.54) is 32.4 Å². The van der Waals surface area contributed by atoms with E-state index < -0.39 is 0 Å². The zero-order valence-electron chi connectivity index (χ0n) is 7.94. The van der Waals surface area contributed by atoms with Gasteiger partial charge in [0.1, 0.15) is 5.78 Å². The van der Waals surface area contributed by atoms with Gasteiger partial charge in [0.05, 0.1) is 0 Å². The number of Topliss-reactive ketones (excluding diaryl/α,β-unsaturated/α-hetero) is 1. The summed E-state index contributed by atoms with van der Waals surface area (Å²) >= 11 is 0. The summed E-state index contributed by atoms with van der Waals surface area (Å²) in [4.78, 5) is 10.6. The van der Waals surface area contributed by atoms with E-state index in [1.807, 2.05) is 0 Å². The van der Waals surface area contributed by atoms with Gasteiger partial charge in [0.2, 0.25) is 0 Å². The molecule has 1 atom stereocenters. The predicted octanol–water partition coefficient (Wildman–Crippen LogP) is 1.75. The molecule has 2 nitrogen and oxygen atoms in total. The van der Waals surface area contributed by atoms with Gasteiger partial charge in [-0.2, -0.15) is 0 Å². The molecule has 2 heteroatoms. The fourth-order valence-electron chi connectivity index (χ4n) is 1.77. The molecule has 1 rings (SSSR count). The van der Waals surface area contributed by atoms with Crippen LogP contribution in [0.1, 0.15) is 39.0 Å². The minimum atomic E-state index is 0.333. The maximum atomic E-state index is 10.6. The van der Waals surface area contributed by atoms with Gasteiger partial charge in [0.25, 0.3) is 0 Å². The summed E-state index contributed by atoms with van der Waals surface area (Å²) in [6.07, 6.45) is 5.73. The zero-order valence-corrected chi connectivity index (χ0v) is 7.94. The largest absolute Gasteiger partial charge is 0.316 e. The van der Waals surface area contributed by atoms with E-state index in [0.29, 0.717) is 5.78 Å². The normalized spacial score (nSPS) is 22.9. The van der Waals surface area contributed by atoms with Crippen LogP contribution in [0.3, 0.4) is 0 Å². The van der Waals surface area contributed by atoms with Crippen LogP contribution in [0.2, 0.25) is 0 Å². The van der Waals surface area contributed by atoms with Crippen LogP contribution in [0, 0.1) is 5.92 Å². The molecule has 0 aromatic carbocycles. The highest BCUT2D eigenvalue weighted by Gasteiger charge is 2.13. The number of carbonyl (C=O) groups is 1. The summed E-state index contributed by atoms with van der Waals surface area (Å²) in [7, 11) is 0. The third kappa shape index (κ3) is 3.86. The highest BCUT2D eigenvalue weighted by atomic mass is 16.1. The molecule has 0 aliphatic carbocycles. The second-order valence-electron chi connectivity index (χ2n) is 3.81. The Kier molecular flexibility index (Phi) is 4.30. The van der Waals surface area contributed by atoms with Crippen molar-refractivity contribution in [2.45, 2.75) is 39.0 Å². The van der Waals surface area contributed by atoms with Gasteiger partial charge < -0.3 is 10.1 Å². The third-order valence-electron chi connectivity index (χ3n) is 2.55. The van der Waals surface area contributed by atoms with Gasteiger partial charge >= 0.3 is 0 Å². The monoisotopic (exact) mass is 169 g/mol. The number of unbranched alkanes of at least 4 members (excludes halogenated alkanes) is 1. The van der Waals surface area contributed by atoms with Gasteiger partial charge in [-0.1, -0.05) is 6.42 Å². The third-order valence-corrected chi connectivity index (χ3v) is 2.55. The van der Waals surface area contributed by atoms with E-state index >= 15 is 0 Å². The first-order chi connectivity index (χ1) is 5.79. The Morgan fingerprint density at radius 2 is 2.33 bits per heavy atom. The quantitative estimate of drug-likeness (QED) is 0.635. The standard InChI is InChI=1S/C10H19NO/c1-9(12)4-2-3-5-10-6-7-11-8-10/h10-11H,2-8H2,1H3. The number of ketones is 1. The van der Waals surface area contributed by atoms with Crippen molar-refractivity contribution in [1.82, 2.24) is 5.32 Å². The van der Waals surface area contributed by atoms with Crippen LogP contribution < -0.4 is 5.32 Å². The molecule has 0 bridgehead atoms. The Bertz CT molecular complexity index is 139. The summed E-state index contributed by atoms with van der Waals surface area (Å²) in [5, 5.41) is 3.36. The first-order valence-corrected chi connectivity index (χ1v) is 4.99. The van der Waals surface area contributed by atoms with Crippen LogP contribution in [0.15, 0.2) is 0 Å². The molecule has 0 radical (unpaired) electrons. The average molecular weight is 169 g/mol. The molecule has 0 aromatic rings. The molecule has 1 heterocycles. The SMILES string of the molecule is CC(=O)CCCCC1CCNC1. The molecule has 0 aromatic heterocycles. The Labute approximate surface area is 74.7 Å². The predicted molar refractivity (Wildman–Crippen MR) is 50.1 cm³/mol. The van der Waals surface area contributed by atoms with Crippen LogP contribution in [-0.4, -0.2) is 18.9 Å². The van der Waals surface area contributed by atoms with Crippen molar-refractivity contribution in [3.63, 3.8) is 0 Å². The van der Waals surface area contributed by atoms with E-state index in [2.05, 4.69) is 5.32 Å². The lowest BCUT2D eigenvalue weighted by molar-refractivity contribution is -0.117. The Balaban J connectivity index is 1.91. The molecule has 0 saturated carbocycles. The second kappa shape index (κ2) is 5.31. The topological polar surface area (TPSA) is 29.1 Å². The lowest BCUT2D eigenvalue weighted by Crippen LogP contribution is -2.08. The Morgan fingerprint density at radius 3 is 2.92 bits per heavy atom. The zero-order chi connectivity index (χ0) is 8.81. The first kappa shape index (κ1) is 9.72. The van der Waals surface area contributed by atoms with Gasteiger partial charge in [0.15, 0.2) is 0 Å². The number of hydrogen-bond donors (Lipinski definition) is 1. The minimum absolute atomic E-state index is 0.333. The maximum Gasteiger partial charge on any atom is 0.129 e. The average Bonchev–Trinajstić information content (AvgIpc) is 2.49. The highest BCUT2D eigenvalue weighted by molar-refractivity contribution is 5.75. The van der Waals surface area contributed by atoms with Gasteiger partial charge in [-0.15, -0.1) is 0 Å². The van der Waals surface area contributed by atoms with Crippen LogP contribution in [0.25, 0.3) is 0 Å². The molecule has 12 heavy (non-hydrogen) atoms. The van der Waals surface area contributed by atoms with E-state index in [-0.39, 0.29) is 0 Å². The summed E-state index contributed by atoms with van der Waals surface area (Å²) in [5.41, 5.74) is 0. The Hall–Kier alpha value is -0.370. The molecule has 1 N–H and O–H groups in total. The molecular formula is C10H19NO. The highest BCUT2D eigenvalue weighted by Crippen LogP contribution is 2.15. The van der Waals surface area contributed by atoms with E-state index in [1.54, 1.807) is 6.92 Å². The Morgan fingerprint density at radius 1 is 1.50 bits per heavy atom. The van der Waals surface area contributed by atoms with Crippen molar-refractivity contribution < 1.29 is 4.79 Å². The van der Waals surface area contributed by atoms with Crippen molar-refractivity contribution >= 4 is 5.78 Å². The van der Waals surface area contributed by atoms with Crippen LogP contribution in [0.4, 0.5) is 0 Å². The summed E-state index contributed by atoms with van der Waals surface area (Å²) in [5.74, 6) is 1.22. The van der Waals surface area contributed by atoms with Crippen molar-refractivity contribution in [3.05, 3.63) is 0 Å². The van der Waals surface area contributed by atoms with Gasteiger partial charge in [-0.25, -0.2) is 0 Å². The van der Waals surface area contributed by atoms with Crippen LogP contribution in [0.5, 0.6) is 0 Å². The van der Waals surface area contributed by atoms with Crippen LogP contribution in [-0.2, 0) is 4.79 Å². The lowest BCUT2D eigenvalue weighted by atomic mass is 10.0. The minimum Gasteiger partial charge on any atom is -0.316 e. The number of carbonyl (C=O) groups excluding carboxylic acids is 1. The smallest absolute Gasteiger partial charge is 0.129 e. The molecule has 1 unspecified atom stereocenters. The lowest BCUT2D eigenvalue weighted by Gasteiger charge is -2.06. The van der Waals surface area contributed by atoms with Crippen molar-refractivity contribution in [3.8, 4) is 0 Å². The van der Waals surface area contributed by atoms with Gasteiger partial charge in [0, 0.05) is 6.42 Å². The summed E-state index contributed by atoms with van der Waals surface area (Å²) in [6.45, 7) is 4.06. The number of hydrogen-bond acceptors (Lipinski definition) is 2.